The highest BCUT2D eigenvalue weighted by Crippen LogP contribution is 2.39. The molecule has 3 nitrogen and oxygen atoms in total. The van der Waals surface area contributed by atoms with Crippen LogP contribution < -0.4 is 4.74 Å². The first-order valence-corrected chi connectivity index (χ1v) is 8.91. The van der Waals surface area contributed by atoms with Gasteiger partial charge >= 0.3 is 5.97 Å². The Morgan fingerprint density at radius 2 is 1.76 bits per heavy atom. The third kappa shape index (κ3) is 3.32. The van der Waals surface area contributed by atoms with E-state index in [9.17, 15) is 4.79 Å². The summed E-state index contributed by atoms with van der Waals surface area (Å²) in [6.07, 6.45) is 6.22. The summed E-state index contributed by atoms with van der Waals surface area (Å²) in [6.45, 7) is 6.49. The fourth-order valence-corrected chi connectivity index (χ4v) is 3.18. The Labute approximate surface area is 149 Å². The van der Waals surface area contributed by atoms with Crippen LogP contribution in [0.5, 0.6) is 5.75 Å². The van der Waals surface area contributed by atoms with Crippen LogP contribution in [0.15, 0.2) is 48.5 Å². The van der Waals surface area contributed by atoms with Crippen LogP contribution in [0, 0.1) is 0 Å². The van der Waals surface area contributed by atoms with E-state index in [0.717, 1.165) is 35.3 Å². The third-order valence-corrected chi connectivity index (χ3v) is 4.84. The van der Waals surface area contributed by atoms with Gasteiger partial charge < -0.3 is 9.47 Å². The average molecular weight is 336 g/mol. The standard InChI is InChI=1S/C22H24O3/c1-4-22(5-2)15-14-19-18(8-7-9-20(19)25-22)16-10-12-17(13-11-16)21(23)24-6-3/h7-15H,4-6H2,1-3H3. The second-order valence-corrected chi connectivity index (χ2v) is 6.22. The molecule has 3 rings (SSSR count). The van der Waals surface area contributed by atoms with Gasteiger partial charge in [0.25, 0.3) is 0 Å². The molecule has 0 spiro atoms. The van der Waals surface area contributed by atoms with Gasteiger partial charge in [0.2, 0.25) is 0 Å². The molecule has 1 aliphatic rings. The van der Waals surface area contributed by atoms with Crippen molar-refractivity contribution in [3.8, 4) is 16.9 Å². The predicted octanol–water partition coefficient (Wildman–Crippen LogP) is 5.49. The highest BCUT2D eigenvalue weighted by Gasteiger charge is 2.29. The monoisotopic (exact) mass is 336 g/mol. The summed E-state index contributed by atoms with van der Waals surface area (Å²) >= 11 is 0. The number of ether oxygens (including phenoxy) is 2. The molecule has 2 aromatic carbocycles. The molecule has 0 aliphatic carbocycles. The molecule has 25 heavy (non-hydrogen) atoms. The molecule has 0 saturated carbocycles. The lowest BCUT2D eigenvalue weighted by Gasteiger charge is -2.34. The number of hydrogen-bond donors (Lipinski definition) is 0. The van der Waals surface area contributed by atoms with Crippen LogP contribution in [0.25, 0.3) is 17.2 Å². The van der Waals surface area contributed by atoms with Crippen molar-refractivity contribution < 1.29 is 14.3 Å². The number of carbonyl (C=O) groups is 1. The summed E-state index contributed by atoms with van der Waals surface area (Å²) in [5.41, 5.74) is 3.60. The molecule has 0 unspecified atom stereocenters. The maximum atomic E-state index is 11.8. The summed E-state index contributed by atoms with van der Waals surface area (Å²) in [4.78, 5) is 11.8. The fourth-order valence-electron chi connectivity index (χ4n) is 3.18. The van der Waals surface area contributed by atoms with Crippen LogP contribution in [0.3, 0.4) is 0 Å². The van der Waals surface area contributed by atoms with E-state index in [1.807, 2.05) is 43.3 Å². The minimum absolute atomic E-state index is 0.209. The maximum Gasteiger partial charge on any atom is 0.338 e. The van der Waals surface area contributed by atoms with E-state index in [1.54, 1.807) is 0 Å². The minimum Gasteiger partial charge on any atom is -0.483 e. The second-order valence-electron chi connectivity index (χ2n) is 6.22. The van der Waals surface area contributed by atoms with Crippen LogP contribution in [0.4, 0.5) is 0 Å². The molecule has 1 aliphatic heterocycles. The molecule has 0 aromatic heterocycles. The first-order chi connectivity index (χ1) is 12.1. The Morgan fingerprint density at radius 3 is 2.40 bits per heavy atom. The van der Waals surface area contributed by atoms with Crippen LogP contribution in [-0.4, -0.2) is 18.2 Å². The van der Waals surface area contributed by atoms with Gasteiger partial charge in [-0.3, -0.25) is 0 Å². The molecule has 130 valence electrons. The van der Waals surface area contributed by atoms with Gasteiger partial charge in [-0.2, -0.15) is 0 Å². The van der Waals surface area contributed by atoms with Gasteiger partial charge in [0, 0.05) is 5.56 Å². The summed E-state index contributed by atoms with van der Waals surface area (Å²) in [6, 6.07) is 13.6. The van der Waals surface area contributed by atoms with E-state index in [2.05, 4.69) is 32.1 Å². The molecule has 0 atom stereocenters. The normalized spacial score (nSPS) is 14.5. The predicted molar refractivity (Wildman–Crippen MR) is 101 cm³/mol. The van der Waals surface area contributed by atoms with E-state index in [-0.39, 0.29) is 11.6 Å². The topological polar surface area (TPSA) is 35.5 Å². The molecule has 2 aromatic rings. The molecule has 3 heteroatoms. The van der Waals surface area contributed by atoms with Crippen molar-refractivity contribution in [3.63, 3.8) is 0 Å². The number of rotatable bonds is 5. The summed E-state index contributed by atoms with van der Waals surface area (Å²) in [5, 5.41) is 0. The molecular weight excluding hydrogens is 312 g/mol. The highest BCUT2D eigenvalue weighted by atomic mass is 16.5. The van der Waals surface area contributed by atoms with Crippen LogP contribution >= 0.6 is 0 Å². The van der Waals surface area contributed by atoms with E-state index < -0.39 is 0 Å². The Morgan fingerprint density at radius 1 is 1.04 bits per heavy atom. The van der Waals surface area contributed by atoms with Crippen molar-refractivity contribution in [2.45, 2.75) is 39.2 Å². The van der Waals surface area contributed by atoms with E-state index >= 15 is 0 Å². The molecular formula is C22H24O3. The van der Waals surface area contributed by atoms with Gasteiger partial charge in [-0.15, -0.1) is 0 Å². The molecule has 0 saturated heterocycles. The summed E-state index contributed by atoms with van der Waals surface area (Å²) in [5.74, 6) is 0.626. The quantitative estimate of drug-likeness (QED) is 0.677. The van der Waals surface area contributed by atoms with E-state index in [4.69, 9.17) is 9.47 Å². The van der Waals surface area contributed by atoms with E-state index in [1.165, 1.54) is 0 Å². The van der Waals surface area contributed by atoms with Crippen LogP contribution in [0.2, 0.25) is 0 Å². The zero-order chi connectivity index (χ0) is 17.9. The van der Waals surface area contributed by atoms with Crippen molar-refractivity contribution in [1.29, 1.82) is 0 Å². The van der Waals surface area contributed by atoms with Crippen molar-refractivity contribution in [3.05, 3.63) is 59.7 Å². The van der Waals surface area contributed by atoms with Gasteiger partial charge in [0.15, 0.2) is 0 Å². The lowest BCUT2D eigenvalue weighted by Crippen LogP contribution is -2.34. The lowest BCUT2D eigenvalue weighted by molar-refractivity contribution is 0.0526. The molecule has 0 N–H and O–H groups in total. The SMILES string of the molecule is CCOC(=O)c1ccc(-c2cccc3c2C=CC(CC)(CC)O3)cc1. The molecule has 0 radical (unpaired) electrons. The average Bonchev–Trinajstić information content (AvgIpc) is 2.67. The van der Waals surface area contributed by atoms with Crippen molar-refractivity contribution in [2.75, 3.05) is 6.61 Å². The summed E-state index contributed by atoms with van der Waals surface area (Å²) < 4.78 is 11.4. The Kier molecular flexibility index (Phi) is 4.93. The number of carbonyl (C=O) groups excluding carboxylic acids is 1. The number of fused-ring (bicyclic) bond motifs is 1. The van der Waals surface area contributed by atoms with Crippen molar-refractivity contribution in [1.82, 2.24) is 0 Å². The molecule has 1 heterocycles. The second kappa shape index (κ2) is 7.14. The Bertz CT molecular complexity index is 783. The van der Waals surface area contributed by atoms with Crippen LogP contribution in [0.1, 0.15) is 49.5 Å². The summed E-state index contributed by atoms with van der Waals surface area (Å²) in [7, 11) is 0. The zero-order valence-electron chi connectivity index (χ0n) is 15.0. The Balaban J connectivity index is 1.95. The van der Waals surface area contributed by atoms with Crippen LogP contribution in [-0.2, 0) is 4.74 Å². The van der Waals surface area contributed by atoms with Gasteiger partial charge in [-0.1, -0.05) is 44.2 Å². The van der Waals surface area contributed by atoms with Gasteiger partial charge in [0.05, 0.1) is 12.2 Å². The Hall–Kier alpha value is -2.55. The number of esters is 1. The highest BCUT2D eigenvalue weighted by molar-refractivity contribution is 5.90. The maximum absolute atomic E-state index is 11.8. The fraction of sp³-hybridized carbons (Fsp3) is 0.318. The number of benzene rings is 2. The number of hydrogen-bond acceptors (Lipinski definition) is 3. The first kappa shape index (κ1) is 17.3. The lowest BCUT2D eigenvalue weighted by atomic mass is 9.90. The largest absolute Gasteiger partial charge is 0.483 e. The molecule has 0 amide bonds. The van der Waals surface area contributed by atoms with Crippen molar-refractivity contribution >= 4 is 12.0 Å². The minimum atomic E-state index is -0.289. The van der Waals surface area contributed by atoms with Gasteiger partial charge in [0.1, 0.15) is 11.4 Å². The van der Waals surface area contributed by atoms with Crippen molar-refractivity contribution in [2.24, 2.45) is 0 Å². The van der Waals surface area contributed by atoms with Gasteiger partial charge in [-0.25, -0.2) is 4.79 Å². The smallest absolute Gasteiger partial charge is 0.338 e. The molecule has 0 bridgehead atoms. The zero-order valence-corrected chi connectivity index (χ0v) is 15.0. The first-order valence-electron chi connectivity index (χ1n) is 8.91. The molecule has 0 fully saturated rings. The third-order valence-electron chi connectivity index (χ3n) is 4.84. The van der Waals surface area contributed by atoms with Gasteiger partial charge in [-0.05, 0) is 55.2 Å². The van der Waals surface area contributed by atoms with E-state index in [0.29, 0.717) is 12.2 Å².